The first kappa shape index (κ1) is 13.8. The standard InChI is InChI=1S/C12H26N2.Sn.2H/c1-9(13-11(3,4)5)10(2)14-12(6,7)8;;;/h9-10H,1-8H3;;;/q-2;+2;;/t9-,10-;;;/m1.../s1. The van der Waals surface area contributed by atoms with Crippen LogP contribution in [0.5, 0.6) is 0 Å². The van der Waals surface area contributed by atoms with Crippen molar-refractivity contribution >= 4 is 21.7 Å². The summed E-state index contributed by atoms with van der Waals surface area (Å²) >= 11 is -0.961. The van der Waals surface area contributed by atoms with Crippen LogP contribution in [-0.2, 0) is 0 Å². The van der Waals surface area contributed by atoms with Gasteiger partial charge in [-0.05, 0) is 0 Å². The summed E-state index contributed by atoms with van der Waals surface area (Å²) in [5.74, 6) is 0. The fourth-order valence-electron chi connectivity index (χ4n) is 2.59. The van der Waals surface area contributed by atoms with Crippen LogP contribution < -0.4 is 0 Å². The molecule has 2 nitrogen and oxygen atoms in total. The maximum atomic E-state index is 2.81. The van der Waals surface area contributed by atoms with Crippen LogP contribution in [0.25, 0.3) is 0 Å². The Morgan fingerprint density at radius 3 is 1.13 bits per heavy atom. The van der Waals surface area contributed by atoms with E-state index in [1.165, 1.54) is 0 Å². The molecule has 1 fully saturated rings. The quantitative estimate of drug-likeness (QED) is 0.630. The Balaban J connectivity index is 2.86. The fraction of sp³-hybridized carbons (Fsp3) is 1.00. The van der Waals surface area contributed by atoms with Crippen LogP contribution in [0.2, 0.25) is 0 Å². The Labute approximate surface area is 106 Å². The molecule has 0 spiro atoms. The molecule has 1 aliphatic heterocycles. The van der Waals surface area contributed by atoms with Gasteiger partial charge in [0.1, 0.15) is 0 Å². The summed E-state index contributed by atoms with van der Waals surface area (Å²) in [7, 11) is 0. The van der Waals surface area contributed by atoms with Gasteiger partial charge in [-0.2, -0.15) is 0 Å². The van der Waals surface area contributed by atoms with Crippen LogP contribution in [0.3, 0.4) is 0 Å². The van der Waals surface area contributed by atoms with Gasteiger partial charge < -0.3 is 0 Å². The molecule has 1 aliphatic rings. The summed E-state index contributed by atoms with van der Waals surface area (Å²) in [5, 5.41) is 0. The van der Waals surface area contributed by atoms with Crippen molar-refractivity contribution in [2.24, 2.45) is 0 Å². The van der Waals surface area contributed by atoms with Crippen molar-refractivity contribution in [3.63, 3.8) is 0 Å². The number of hydrogen-bond acceptors (Lipinski definition) is 2. The molecule has 2 atom stereocenters. The summed E-state index contributed by atoms with van der Waals surface area (Å²) in [6.45, 7) is 19.0. The van der Waals surface area contributed by atoms with E-state index >= 15 is 0 Å². The number of nitrogens with zero attached hydrogens (tertiary/aromatic N) is 2. The molecule has 0 aromatic rings. The van der Waals surface area contributed by atoms with Crippen LogP contribution in [-0.4, -0.2) is 51.1 Å². The zero-order valence-corrected chi connectivity index (χ0v) is 15.8. The molecular formula is C12H28N2Sn. The van der Waals surface area contributed by atoms with Gasteiger partial charge in [-0.1, -0.05) is 0 Å². The van der Waals surface area contributed by atoms with Crippen molar-refractivity contribution in [2.45, 2.75) is 78.6 Å². The first-order valence-electron chi connectivity index (χ1n) is 6.08. The van der Waals surface area contributed by atoms with Crippen molar-refractivity contribution in [1.29, 1.82) is 0 Å². The molecule has 0 N–H and O–H groups in total. The van der Waals surface area contributed by atoms with Gasteiger partial charge >= 0.3 is 106 Å². The molecule has 0 aromatic heterocycles. The third-order valence-corrected chi connectivity index (χ3v) is 14.2. The van der Waals surface area contributed by atoms with Crippen LogP contribution >= 0.6 is 0 Å². The summed E-state index contributed by atoms with van der Waals surface area (Å²) in [4.78, 5) is 0. The average Bonchev–Trinajstić information content (AvgIpc) is 2.26. The fourth-order valence-corrected chi connectivity index (χ4v) is 9.16. The Morgan fingerprint density at radius 2 is 1.00 bits per heavy atom. The second-order valence-corrected chi connectivity index (χ2v) is 11.6. The van der Waals surface area contributed by atoms with E-state index in [-0.39, 0.29) is 0 Å². The second-order valence-electron chi connectivity index (χ2n) is 6.90. The Morgan fingerprint density at radius 1 is 0.733 bits per heavy atom. The average molecular weight is 319 g/mol. The van der Waals surface area contributed by atoms with Gasteiger partial charge in [0.15, 0.2) is 0 Å². The SMILES string of the molecule is C[C@@H]1[C@@H](C)[N](C(C)(C)C)[SnH2][N]1C(C)(C)C. The normalized spacial score (nSPS) is 31.2. The first-order chi connectivity index (χ1) is 6.55. The predicted octanol–water partition coefficient (Wildman–Crippen LogP) is 1.98. The third kappa shape index (κ3) is 2.89. The molecule has 1 heterocycles. The molecule has 0 bridgehead atoms. The number of rotatable bonds is 0. The van der Waals surface area contributed by atoms with Crippen LogP contribution in [0.1, 0.15) is 55.4 Å². The van der Waals surface area contributed by atoms with E-state index in [9.17, 15) is 0 Å². The maximum absolute atomic E-state index is 2.81. The zero-order valence-electron chi connectivity index (χ0n) is 11.8. The predicted molar refractivity (Wildman–Crippen MR) is 70.7 cm³/mol. The van der Waals surface area contributed by atoms with E-state index in [0.717, 1.165) is 12.1 Å². The molecule has 90 valence electrons. The van der Waals surface area contributed by atoms with Crippen molar-refractivity contribution < 1.29 is 0 Å². The minimum atomic E-state index is -0.961. The summed E-state index contributed by atoms with van der Waals surface area (Å²) in [6, 6.07) is 1.47. The van der Waals surface area contributed by atoms with E-state index < -0.39 is 21.7 Å². The summed E-state index contributed by atoms with van der Waals surface area (Å²) in [6.07, 6.45) is 0. The Kier molecular flexibility index (Phi) is 3.85. The molecule has 0 aliphatic carbocycles. The van der Waals surface area contributed by atoms with Gasteiger partial charge in [0, 0.05) is 0 Å². The molecule has 1 saturated heterocycles. The molecule has 15 heavy (non-hydrogen) atoms. The van der Waals surface area contributed by atoms with E-state index in [4.69, 9.17) is 0 Å². The molecule has 1 rings (SSSR count). The van der Waals surface area contributed by atoms with E-state index in [1.54, 1.807) is 0 Å². The van der Waals surface area contributed by atoms with Crippen molar-refractivity contribution in [3.05, 3.63) is 0 Å². The van der Waals surface area contributed by atoms with Crippen LogP contribution in [0.15, 0.2) is 0 Å². The summed E-state index contributed by atoms with van der Waals surface area (Å²) < 4.78 is 5.62. The summed E-state index contributed by atoms with van der Waals surface area (Å²) in [5.41, 5.74) is 0.730. The van der Waals surface area contributed by atoms with E-state index in [1.807, 2.05) is 0 Å². The van der Waals surface area contributed by atoms with Gasteiger partial charge in [-0.15, -0.1) is 0 Å². The van der Waals surface area contributed by atoms with Crippen LogP contribution in [0, 0.1) is 0 Å². The molecule has 0 amide bonds. The molecule has 3 heteroatoms. The van der Waals surface area contributed by atoms with Gasteiger partial charge in [-0.3, -0.25) is 0 Å². The Hall–Kier alpha value is 0.719. The van der Waals surface area contributed by atoms with Gasteiger partial charge in [-0.25, -0.2) is 0 Å². The van der Waals surface area contributed by atoms with Crippen molar-refractivity contribution in [3.8, 4) is 0 Å². The van der Waals surface area contributed by atoms with Crippen molar-refractivity contribution in [1.82, 2.24) is 6.24 Å². The molecule has 0 radical (unpaired) electrons. The monoisotopic (exact) mass is 320 g/mol. The minimum absolute atomic E-state index is 0.365. The van der Waals surface area contributed by atoms with Crippen LogP contribution in [0.4, 0.5) is 0 Å². The van der Waals surface area contributed by atoms with E-state index in [0.29, 0.717) is 11.1 Å². The van der Waals surface area contributed by atoms with Gasteiger partial charge in [0.05, 0.1) is 0 Å². The number of hydrogen-bond donors (Lipinski definition) is 0. The van der Waals surface area contributed by atoms with E-state index in [2.05, 4.69) is 61.6 Å². The molecule has 0 unspecified atom stereocenters. The third-order valence-electron chi connectivity index (χ3n) is 3.71. The zero-order chi connectivity index (χ0) is 12.0. The van der Waals surface area contributed by atoms with Gasteiger partial charge in [0.25, 0.3) is 0 Å². The molecule has 0 aromatic carbocycles. The van der Waals surface area contributed by atoms with Crippen molar-refractivity contribution in [2.75, 3.05) is 0 Å². The van der Waals surface area contributed by atoms with Gasteiger partial charge in [0.2, 0.25) is 0 Å². The topological polar surface area (TPSA) is 6.48 Å². The molecule has 0 saturated carbocycles. The first-order valence-corrected chi connectivity index (χ1v) is 9.69. The Bertz CT molecular complexity index is 203. The second kappa shape index (κ2) is 4.19. The molecular weight excluding hydrogens is 291 g/mol.